The zero-order valence-electron chi connectivity index (χ0n) is 12.0. The molecular formula is C14H18N4O2S. The Bertz CT molecular complexity index is 615. The molecule has 2 aliphatic rings. The number of likely N-dealkylation sites (N-methyl/N-ethyl adjacent to an activating group) is 1. The van der Waals surface area contributed by atoms with E-state index in [0.29, 0.717) is 12.5 Å². The fourth-order valence-corrected chi connectivity index (χ4v) is 3.89. The summed E-state index contributed by atoms with van der Waals surface area (Å²) in [7, 11) is 2.10. The molecule has 1 N–H and O–H groups in total. The first kappa shape index (κ1) is 13.4. The minimum absolute atomic E-state index is 0.189. The molecule has 2 aromatic heterocycles. The van der Waals surface area contributed by atoms with Crippen molar-refractivity contribution in [2.24, 2.45) is 0 Å². The predicted octanol–water partition coefficient (Wildman–Crippen LogP) is 1.45. The standard InChI is InChI=1S/C14H18N4O2S/c1-18-4-3-15-7-10(18)13-16-14(20-17-13)12-6-9-8-19-5-2-11(9)21-12/h6,10,15H,2-5,7-8H2,1H3. The molecular weight excluding hydrogens is 288 g/mol. The third kappa shape index (κ3) is 2.50. The van der Waals surface area contributed by atoms with Crippen molar-refractivity contribution in [1.29, 1.82) is 0 Å². The van der Waals surface area contributed by atoms with Crippen LogP contribution in [0, 0.1) is 0 Å². The van der Waals surface area contributed by atoms with E-state index < -0.39 is 0 Å². The number of aromatic nitrogens is 2. The van der Waals surface area contributed by atoms with Gasteiger partial charge in [0.1, 0.15) is 0 Å². The molecule has 0 aliphatic carbocycles. The number of nitrogens with zero attached hydrogens (tertiary/aromatic N) is 3. The Kier molecular flexibility index (Phi) is 3.50. The molecule has 21 heavy (non-hydrogen) atoms. The lowest BCUT2D eigenvalue weighted by Gasteiger charge is -2.30. The largest absolute Gasteiger partial charge is 0.376 e. The van der Waals surface area contributed by atoms with E-state index in [1.807, 2.05) is 0 Å². The van der Waals surface area contributed by atoms with Crippen LogP contribution in [-0.4, -0.2) is 48.3 Å². The van der Waals surface area contributed by atoms with Gasteiger partial charge in [-0.25, -0.2) is 0 Å². The second-order valence-corrected chi connectivity index (χ2v) is 6.66. The van der Waals surface area contributed by atoms with E-state index in [4.69, 9.17) is 9.26 Å². The van der Waals surface area contributed by atoms with Crippen molar-refractivity contribution in [1.82, 2.24) is 20.4 Å². The number of fused-ring (bicyclic) bond motifs is 1. The van der Waals surface area contributed by atoms with Gasteiger partial charge in [0.25, 0.3) is 5.89 Å². The van der Waals surface area contributed by atoms with Crippen LogP contribution in [0.1, 0.15) is 22.3 Å². The Labute approximate surface area is 127 Å². The summed E-state index contributed by atoms with van der Waals surface area (Å²) in [4.78, 5) is 9.30. The Morgan fingerprint density at radius 1 is 1.48 bits per heavy atom. The maximum absolute atomic E-state index is 5.48. The van der Waals surface area contributed by atoms with Crippen LogP contribution in [0.3, 0.4) is 0 Å². The van der Waals surface area contributed by atoms with Crippen molar-refractivity contribution in [2.45, 2.75) is 19.1 Å². The Morgan fingerprint density at radius 3 is 3.29 bits per heavy atom. The lowest BCUT2D eigenvalue weighted by molar-refractivity contribution is 0.112. The fourth-order valence-electron chi connectivity index (χ4n) is 2.82. The van der Waals surface area contributed by atoms with E-state index in [9.17, 15) is 0 Å². The highest BCUT2D eigenvalue weighted by molar-refractivity contribution is 7.15. The number of thiophene rings is 1. The highest BCUT2D eigenvalue weighted by atomic mass is 32.1. The normalized spacial score (nSPS) is 23.2. The van der Waals surface area contributed by atoms with Crippen LogP contribution in [0.5, 0.6) is 0 Å². The molecule has 4 rings (SSSR count). The lowest BCUT2D eigenvalue weighted by atomic mass is 10.2. The maximum Gasteiger partial charge on any atom is 0.268 e. The van der Waals surface area contributed by atoms with Crippen LogP contribution >= 0.6 is 11.3 Å². The minimum atomic E-state index is 0.189. The smallest absolute Gasteiger partial charge is 0.268 e. The summed E-state index contributed by atoms with van der Waals surface area (Å²) in [6, 6.07) is 2.31. The fraction of sp³-hybridized carbons (Fsp3) is 0.571. The summed E-state index contributed by atoms with van der Waals surface area (Å²) in [6.45, 7) is 4.38. The van der Waals surface area contributed by atoms with Gasteiger partial charge in [-0.1, -0.05) is 5.16 Å². The van der Waals surface area contributed by atoms with Gasteiger partial charge in [0.05, 0.1) is 24.1 Å². The van der Waals surface area contributed by atoms with Gasteiger partial charge in [0.2, 0.25) is 0 Å². The molecule has 0 radical (unpaired) electrons. The monoisotopic (exact) mass is 306 g/mol. The van der Waals surface area contributed by atoms with E-state index in [1.54, 1.807) is 11.3 Å². The minimum Gasteiger partial charge on any atom is -0.376 e. The van der Waals surface area contributed by atoms with Gasteiger partial charge >= 0.3 is 0 Å². The maximum atomic E-state index is 5.48. The number of rotatable bonds is 2. The molecule has 1 unspecified atom stereocenters. The average Bonchev–Trinajstić information content (AvgIpc) is 3.14. The Morgan fingerprint density at radius 2 is 2.43 bits per heavy atom. The van der Waals surface area contributed by atoms with Crippen molar-refractivity contribution in [3.05, 3.63) is 22.3 Å². The van der Waals surface area contributed by atoms with Crippen molar-refractivity contribution < 1.29 is 9.26 Å². The quantitative estimate of drug-likeness (QED) is 0.906. The second kappa shape index (κ2) is 5.49. The molecule has 7 heteroatoms. The van der Waals surface area contributed by atoms with E-state index in [2.05, 4.69) is 33.5 Å². The van der Waals surface area contributed by atoms with E-state index in [1.165, 1.54) is 10.4 Å². The number of nitrogens with one attached hydrogen (secondary N) is 1. The van der Waals surface area contributed by atoms with Gasteiger partial charge < -0.3 is 14.6 Å². The molecule has 1 atom stereocenters. The molecule has 0 saturated carbocycles. The second-order valence-electron chi connectivity index (χ2n) is 5.52. The molecule has 2 aromatic rings. The molecule has 0 amide bonds. The Balaban J connectivity index is 1.60. The van der Waals surface area contributed by atoms with Crippen molar-refractivity contribution in [3.63, 3.8) is 0 Å². The summed E-state index contributed by atoms with van der Waals surface area (Å²) >= 11 is 1.74. The Hall–Kier alpha value is -1.28. The number of hydrogen-bond acceptors (Lipinski definition) is 7. The van der Waals surface area contributed by atoms with Gasteiger partial charge in [0.15, 0.2) is 5.82 Å². The SMILES string of the molecule is CN1CCNCC1c1noc(-c2cc3c(s2)CCOC3)n1. The summed E-state index contributed by atoms with van der Waals surface area (Å²) in [5.41, 5.74) is 1.26. The topological polar surface area (TPSA) is 63.4 Å². The highest BCUT2D eigenvalue weighted by Crippen LogP contribution is 2.34. The van der Waals surface area contributed by atoms with Crippen LogP contribution in [-0.2, 0) is 17.8 Å². The van der Waals surface area contributed by atoms with Crippen molar-refractivity contribution >= 4 is 11.3 Å². The first-order valence-corrected chi connectivity index (χ1v) is 8.07. The van der Waals surface area contributed by atoms with E-state index in [0.717, 1.165) is 43.4 Å². The van der Waals surface area contributed by atoms with E-state index in [-0.39, 0.29) is 6.04 Å². The number of ether oxygens (including phenoxy) is 1. The van der Waals surface area contributed by atoms with Gasteiger partial charge in [-0.05, 0) is 18.7 Å². The van der Waals surface area contributed by atoms with Gasteiger partial charge in [-0.3, -0.25) is 4.90 Å². The summed E-state index contributed by atoms with van der Waals surface area (Å²) < 4.78 is 11.0. The summed E-state index contributed by atoms with van der Waals surface area (Å²) in [5.74, 6) is 1.39. The molecule has 2 aliphatic heterocycles. The molecule has 1 fully saturated rings. The molecule has 6 nitrogen and oxygen atoms in total. The van der Waals surface area contributed by atoms with Crippen LogP contribution in [0.4, 0.5) is 0 Å². The average molecular weight is 306 g/mol. The van der Waals surface area contributed by atoms with Crippen LogP contribution < -0.4 is 5.32 Å². The zero-order chi connectivity index (χ0) is 14.2. The highest BCUT2D eigenvalue weighted by Gasteiger charge is 2.26. The van der Waals surface area contributed by atoms with Crippen molar-refractivity contribution in [2.75, 3.05) is 33.3 Å². The van der Waals surface area contributed by atoms with Gasteiger partial charge in [-0.15, -0.1) is 11.3 Å². The first-order chi connectivity index (χ1) is 10.3. The summed E-state index contributed by atoms with van der Waals surface area (Å²) in [6.07, 6.45) is 0.982. The molecule has 1 saturated heterocycles. The summed E-state index contributed by atoms with van der Waals surface area (Å²) in [5, 5.41) is 7.56. The van der Waals surface area contributed by atoms with Crippen LogP contribution in [0.25, 0.3) is 10.8 Å². The molecule has 0 spiro atoms. The third-order valence-electron chi connectivity index (χ3n) is 4.09. The number of piperazine rings is 1. The van der Waals surface area contributed by atoms with Gasteiger partial charge in [-0.2, -0.15) is 4.98 Å². The van der Waals surface area contributed by atoms with Crippen LogP contribution in [0.15, 0.2) is 10.6 Å². The molecule has 0 bridgehead atoms. The zero-order valence-corrected chi connectivity index (χ0v) is 12.8. The molecule has 112 valence electrons. The first-order valence-electron chi connectivity index (χ1n) is 7.25. The molecule has 4 heterocycles. The lowest BCUT2D eigenvalue weighted by Crippen LogP contribution is -2.44. The third-order valence-corrected chi connectivity index (χ3v) is 5.31. The number of hydrogen-bond donors (Lipinski definition) is 1. The molecule has 0 aromatic carbocycles. The van der Waals surface area contributed by atoms with E-state index >= 15 is 0 Å². The van der Waals surface area contributed by atoms with Gasteiger partial charge in [0, 0.05) is 30.9 Å². The van der Waals surface area contributed by atoms with Crippen LogP contribution in [0.2, 0.25) is 0 Å². The predicted molar refractivity (Wildman–Crippen MR) is 79.2 cm³/mol. The van der Waals surface area contributed by atoms with Crippen molar-refractivity contribution in [3.8, 4) is 10.8 Å².